The zero-order valence-electron chi connectivity index (χ0n) is 11.6. The van der Waals surface area contributed by atoms with Crippen LogP contribution in [0.2, 0.25) is 5.02 Å². The maximum atomic E-state index is 14.0. The number of phenols is 1. The predicted molar refractivity (Wildman–Crippen MR) is 82.2 cm³/mol. The number of aromatic nitrogens is 2. The van der Waals surface area contributed by atoms with Gasteiger partial charge in [0, 0.05) is 11.6 Å². The van der Waals surface area contributed by atoms with Crippen molar-refractivity contribution in [2.75, 3.05) is 0 Å². The van der Waals surface area contributed by atoms with Gasteiger partial charge in [0.2, 0.25) is 0 Å². The molecule has 0 fully saturated rings. The van der Waals surface area contributed by atoms with Gasteiger partial charge in [-0.05, 0) is 44.2 Å². The molecule has 0 bridgehead atoms. The van der Waals surface area contributed by atoms with Crippen LogP contribution in [-0.2, 0) is 0 Å². The number of benzene rings is 2. The van der Waals surface area contributed by atoms with Crippen LogP contribution < -0.4 is 0 Å². The molecule has 0 saturated carbocycles. The van der Waals surface area contributed by atoms with E-state index in [2.05, 4.69) is 4.98 Å². The molecule has 1 aromatic heterocycles. The van der Waals surface area contributed by atoms with Gasteiger partial charge < -0.3 is 9.67 Å². The summed E-state index contributed by atoms with van der Waals surface area (Å²) >= 11 is 6.22. The highest BCUT2D eigenvalue weighted by molar-refractivity contribution is 6.33. The van der Waals surface area contributed by atoms with Crippen LogP contribution in [0.4, 0.5) is 4.39 Å². The molecule has 21 heavy (non-hydrogen) atoms. The fraction of sp³-hybridized carbons (Fsp3) is 0.188. The lowest BCUT2D eigenvalue weighted by molar-refractivity contribution is 0.475. The number of hydrogen-bond acceptors (Lipinski definition) is 2. The molecule has 3 rings (SSSR count). The average molecular weight is 305 g/mol. The summed E-state index contributed by atoms with van der Waals surface area (Å²) in [6.07, 6.45) is 0. The Kier molecular flexibility index (Phi) is 3.33. The summed E-state index contributed by atoms with van der Waals surface area (Å²) < 4.78 is 15.9. The highest BCUT2D eigenvalue weighted by atomic mass is 35.5. The minimum Gasteiger partial charge on any atom is -0.508 e. The van der Waals surface area contributed by atoms with Gasteiger partial charge in [0.05, 0.1) is 10.5 Å². The van der Waals surface area contributed by atoms with Crippen molar-refractivity contribution in [3.63, 3.8) is 0 Å². The summed E-state index contributed by atoms with van der Waals surface area (Å²) in [5.41, 5.74) is 1.60. The molecule has 0 atom stereocenters. The molecule has 3 nitrogen and oxygen atoms in total. The molecule has 0 aliphatic heterocycles. The fourth-order valence-electron chi connectivity index (χ4n) is 2.48. The molecular weight excluding hydrogens is 291 g/mol. The summed E-state index contributed by atoms with van der Waals surface area (Å²) in [5.74, 6) is 0.271. The number of aromatic hydroxyl groups is 1. The maximum absolute atomic E-state index is 14.0. The zero-order chi connectivity index (χ0) is 15.1. The van der Waals surface area contributed by atoms with Crippen LogP contribution in [-0.4, -0.2) is 14.7 Å². The van der Waals surface area contributed by atoms with Gasteiger partial charge in [0.15, 0.2) is 5.82 Å². The van der Waals surface area contributed by atoms with E-state index in [0.717, 1.165) is 0 Å². The van der Waals surface area contributed by atoms with Crippen LogP contribution >= 0.6 is 11.6 Å². The van der Waals surface area contributed by atoms with Crippen molar-refractivity contribution in [1.82, 2.24) is 9.55 Å². The van der Waals surface area contributed by atoms with Crippen molar-refractivity contribution in [3.8, 4) is 17.1 Å². The fourth-order valence-corrected chi connectivity index (χ4v) is 2.68. The first-order valence-corrected chi connectivity index (χ1v) is 7.02. The third-order valence-electron chi connectivity index (χ3n) is 3.38. The van der Waals surface area contributed by atoms with Crippen LogP contribution in [0.5, 0.6) is 5.75 Å². The summed E-state index contributed by atoms with van der Waals surface area (Å²) in [5, 5.41) is 10.2. The van der Waals surface area contributed by atoms with Crippen molar-refractivity contribution in [3.05, 3.63) is 47.2 Å². The van der Waals surface area contributed by atoms with Crippen LogP contribution in [0, 0.1) is 5.82 Å². The topological polar surface area (TPSA) is 38.0 Å². The van der Waals surface area contributed by atoms with Crippen molar-refractivity contribution in [2.45, 2.75) is 19.9 Å². The Morgan fingerprint density at radius 3 is 2.71 bits per heavy atom. The van der Waals surface area contributed by atoms with Gasteiger partial charge in [0.25, 0.3) is 0 Å². The molecule has 0 unspecified atom stereocenters. The molecule has 0 aliphatic rings. The van der Waals surface area contributed by atoms with E-state index in [-0.39, 0.29) is 17.6 Å². The normalized spacial score (nSPS) is 11.5. The number of imidazole rings is 1. The van der Waals surface area contributed by atoms with E-state index < -0.39 is 0 Å². The Morgan fingerprint density at radius 1 is 1.24 bits per heavy atom. The number of rotatable bonds is 2. The third-order valence-corrected chi connectivity index (χ3v) is 3.71. The lowest BCUT2D eigenvalue weighted by Gasteiger charge is -2.14. The highest BCUT2D eigenvalue weighted by Gasteiger charge is 2.19. The second-order valence-electron chi connectivity index (χ2n) is 5.17. The molecule has 2 aromatic carbocycles. The summed E-state index contributed by atoms with van der Waals surface area (Å²) in [4.78, 5) is 4.40. The van der Waals surface area contributed by atoms with Crippen molar-refractivity contribution < 1.29 is 9.50 Å². The van der Waals surface area contributed by atoms with Crippen molar-refractivity contribution in [2.24, 2.45) is 0 Å². The van der Waals surface area contributed by atoms with Gasteiger partial charge in [-0.25, -0.2) is 9.37 Å². The van der Waals surface area contributed by atoms with Gasteiger partial charge in [0.1, 0.15) is 17.1 Å². The quantitative estimate of drug-likeness (QED) is 0.739. The van der Waals surface area contributed by atoms with Gasteiger partial charge >= 0.3 is 0 Å². The number of halogens is 2. The van der Waals surface area contributed by atoms with E-state index in [4.69, 9.17) is 11.6 Å². The lowest BCUT2D eigenvalue weighted by Crippen LogP contribution is -2.03. The number of hydrogen-bond donors (Lipinski definition) is 1. The first-order chi connectivity index (χ1) is 9.99. The Hall–Kier alpha value is -2.07. The highest BCUT2D eigenvalue weighted by Crippen LogP contribution is 2.35. The average Bonchev–Trinajstić information content (AvgIpc) is 2.82. The second-order valence-corrected chi connectivity index (χ2v) is 5.58. The molecule has 0 radical (unpaired) electrons. The first-order valence-electron chi connectivity index (χ1n) is 6.64. The molecule has 0 saturated heterocycles. The molecular formula is C16H14ClFN2O. The van der Waals surface area contributed by atoms with E-state index in [1.807, 2.05) is 24.5 Å². The molecule has 0 spiro atoms. The van der Waals surface area contributed by atoms with Gasteiger partial charge in [-0.15, -0.1) is 0 Å². The molecule has 5 heteroatoms. The Bertz CT molecular complexity index is 827. The lowest BCUT2D eigenvalue weighted by atomic mass is 10.2. The molecule has 0 aliphatic carbocycles. The van der Waals surface area contributed by atoms with E-state index in [1.165, 1.54) is 12.1 Å². The number of phenolic OH excluding ortho intramolecular Hbond substituents is 1. The molecule has 3 aromatic rings. The summed E-state index contributed by atoms with van der Waals surface area (Å²) in [7, 11) is 0. The van der Waals surface area contributed by atoms with Crippen LogP contribution in [0.25, 0.3) is 22.4 Å². The third kappa shape index (κ3) is 2.25. The predicted octanol–water partition coefficient (Wildman–Crippen LogP) is 4.78. The van der Waals surface area contributed by atoms with E-state index >= 15 is 0 Å². The zero-order valence-corrected chi connectivity index (χ0v) is 12.4. The number of fused-ring (bicyclic) bond motifs is 1. The van der Waals surface area contributed by atoms with Crippen LogP contribution in [0.1, 0.15) is 19.9 Å². The Balaban J connectivity index is 2.39. The van der Waals surface area contributed by atoms with Gasteiger partial charge in [-0.1, -0.05) is 17.7 Å². The molecule has 108 valence electrons. The largest absolute Gasteiger partial charge is 0.508 e. The minimum absolute atomic E-state index is 0.0743. The molecule has 1 heterocycles. The van der Waals surface area contributed by atoms with Gasteiger partial charge in [-0.2, -0.15) is 0 Å². The monoisotopic (exact) mass is 304 g/mol. The Morgan fingerprint density at radius 2 is 2.00 bits per heavy atom. The maximum Gasteiger partial charge on any atom is 0.151 e. The van der Waals surface area contributed by atoms with E-state index in [0.29, 0.717) is 27.4 Å². The summed E-state index contributed by atoms with van der Waals surface area (Å²) in [6, 6.07) is 9.60. The van der Waals surface area contributed by atoms with Crippen LogP contribution in [0.15, 0.2) is 36.4 Å². The number of nitrogens with zero attached hydrogens (tertiary/aromatic N) is 2. The number of para-hydroxylation sites is 1. The van der Waals surface area contributed by atoms with Crippen LogP contribution in [0.3, 0.4) is 0 Å². The molecule has 1 N–H and O–H groups in total. The standard InChI is InChI=1S/C16H14ClFN2O/c1-9(2)20-14-5-3-4-13(18)15(14)19-16(20)11-8-10(21)6-7-12(11)17/h3-9,21H,1-2H3. The van der Waals surface area contributed by atoms with E-state index in [1.54, 1.807) is 18.2 Å². The van der Waals surface area contributed by atoms with Crippen molar-refractivity contribution in [1.29, 1.82) is 0 Å². The molecule has 0 amide bonds. The first kappa shape index (κ1) is 13.9. The van der Waals surface area contributed by atoms with Gasteiger partial charge in [-0.3, -0.25) is 0 Å². The minimum atomic E-state index is -0.371. The summed E-state index contributed by atoms with van der Waals surface area (Å²) in [6.45, 7) is 3.98. The van der Waals surface area contributed by atoms with E-state index in [9.17, 15) is 9.50 Å². The second kappa shape index (κ2) is 5.04. The Labute approximate surface area is 126 Å². The SMILES string of the molecule is CC(C)n1c(-c2cc(O)ccc2Cl)nc2c(F)cccc21. The van der Waals surface area contributed by atoms with Crippen molar-refractivity contribution >= 4 is 22.6 Å². The smallest absolute Gasteiger partial charge is 0.151 e.